The molecule has 22 heavy (non-hydrogen) atoms. The van der Waals surface area contributed by atoms with Gasteiger partial charge in [-0.1, -0.05) is 12.1 Å². The highest BCUT2D eigenvalue weighted by molar-refractivity contribution is 5.91. The number of aliphatic hydroxyl groups is 1. The molecular formula is C16H19NO5. The lowest BCUT2D eigenvalue weighted by Crippen LogP contribution is -2.28. The molecule has 0 aliphatic heterocycles. The number of hydrogen-bond donors (Lipinski definition) is 2. The molecule has 2 N–H and O–H groups in total. The SMILES string of the molecule is COCc1ccc(C(=O)NCC(O)c2ccc(OC)cc2)o1. The van der Waals surface area contributed by atoms with Gasteiger partial charge in [-0.15, -0.1) is 0 Å². The van der Waals surface area contributed by atoms with E-state index in [9.17, 15) is 9.90 Å². The molecule has 0 aliphatic rings. The number of methoxy groups -OCH3 is 2. The average molecular weight is 305 g/mol. The number of furan rings is 1. The summed E-state index contributed by atoms with van der Waals surface area (Å²) >= 11 is 0. The Balaban J connectivity index is 1.88. The molecule has 0 spiro atoms. The van der Waals surface area contributed by atoms with Crippen molar-refractivity contribution in [3.8, 4) is 5.75 Å². The van der Waals surface area contributed by atoms with Crippen molar-refractivity contribution in [3.63, 3.8) is 0 Å². The molecule has 6 nitrogen and oxygen atoms in total. The smallest absolute Gasteiger partial charge is 0.287 e. The van der Waals surface area contributed by atoms with Crippen molar-refractivity contribution in [2.24, 2.45) is 0 Å². The first-order valence-corrected chi connectivity index (χ1v) is 6.82. The number of rotatable bonds is 7. The highest BCUT2D eigenvalue weighted by atomic mass is 16.5. The number of amides is 1. The lowest BCUT2D eigenvalue weighted by molar-refractivity contribution is 0.0880. The largest absolute Gasteiger partial charge is 0.497 e. The first-order chi connectivity index (χ1) is 10.6. The molecule has 2 aromatic rings. The first-order valence-electron chi connectivity index (χ1n) is 6.82. The Morgan fingerprint density at radius 2 is 1.95 bits per heavy atom. The minimum absolute atomic E-state index is 0.0888. The second-order valence-corrected chi connectivity index (χ2v) is 4.70. The van der Waals surface area contributed by atoms with E-state index in [2.05, 4.69) is 5.32 Å². The number of benzene rings is 1. The maximum atomic E-state index is 11.9. The fraction of sp³-hybridized carbons (Fsp3) is 0.312. The van der Waals surface area contributed by atoms with Gasteiger partial charge in [-0.3, -0.25) is 4.79 Å². The number of carbonyl (C=O) groups excluding carboxylic acids is 1. The van der Waals surface area contributed by atoms with Crippen LogP contribution in [0.25, 0.3) is 0 Å². The molecule has 0 saturated carbocycles. The third-order valence-electron chi connectivity index (χ3n) is 3.13. The Morgan fingerprint density at radius 1 is 1.23 bits per heavy atom. The number of ether oxygens (including phenoxy) is 2. The fourth-order valence-corrected chi connectivity index (χ4v) is 1.94. The summed E-state index contributed by atoms with van der Waals surface area (Å²) in [5.41, 5.74) is 0.695. The molecule has 6 heteroatoms. The zero-order valence-electron chi connectivity index (χ0n) is 12.5. The molecule has 118 valence electrons. The van der Waals surface area contributed by atoms with Crippen molar-refractivity contribution in [2.45, 2.75) is 12.7 Å². The average Bonchev–Trinajstić information content (AvgIpc) is 3.01. The van der Waals surface area contributed by atoms with Gasteiger partial charge in [0, 0.05) is 13.7 Å². The molecule has 1 aromatic carbocycles. The Labute approximate surface area is 128 Å². The number of aliphatic hydroxyl groups excluding tert-OH is 1. The van der Waals surface area contributed by atoms with E-state index in [1.54, 1.807) is 50.6 Å². The van der Waals surface area contributed by atoms with Crippen LogP contribution in [0.1, 0.15) is 28.0 Å². The summed E-state index contributed by atoms with van der Waals surface area (Å²) in [6, 6.07) is 10.3. The second kappa shape index (κ2) is 7.63. The summed E-state index contributed by atoms with van der Waals surface area (Å²) in [7, 11) is 3.13. The molecule has 0 bridgehead atoms. The van der Waals surface area contributed by atoms with Crippen LogP contribution in [0, 0.1) is 0 Å². The van der Waals surface area contributed by atoms with Gasteiger partial charge in [-0.05, 0) is 29.8 Å². The molecule has 1 unspecified atom stereocenters. The minimum Gasteiger partial charge on any atom is -0.497 e. The van der Waals surface area contributed by atoms with E-state index in [0.29, 0.717) is 23.7 Å². The Hall–Kier alpha value is -2.31. The number of nitrogens with one attached hydrogen (secondary N) is 1. The van der Waals surface area contributed by atoms with Crippen LogP contribution in [-0.4, -0.2) is 31.8 Å². The second-order valence-electron chi connectivity index (χ2n) is 4.70. The summed E-state index contributed by atoms with van der Waals surface area (Å²) in [6.45, 7) is 0.396. The fourth-order valence-electron chi connectivity index (χ4n) is 1.94. The third kappa shape index (κ3) is 4.09. The highest BCUT2D eigenvalue weighted by Gasteiger charge is 2.14. The van der Waals surface area contributed by atoms with E-state index in [1.165, 1.54) is 0 Å². The van der Waals surface area contributed by atoms with Gasteiger partial charge in [0.15, 0.2) is 5.76 Å². The summed E-state index contributed by atoms with van der Waals surface area (Å²) in [5, 5.41) is 12.7. The van der Waals surface area contributed by atoms with E-state index < -0.39 is 6.10 Å². The molecule has 0 fully saturated rings. The molecule has 0 radical (unpaired) electrons. The highest BCUT2D eigenvalue weighted by Crippen LogP contribution is 2.17. The van der Waals surface area contributed by atoms with Crippen LogP contribution in [0.3, 0.4) is 0 Å². The third-order valence-corrected chi connectivity index (χ3v) is 3.13. The Kier molecular flexibility index (Phi) is 5.57. The Morgan fingerprint density at radius 3 is 2.59 bits per heavy atom. The lowest BCUT2D eigenvalue weighted by atomic mass is 10.1. The maximum Gasteiger partial charge on any atom is 0.287 e. The van der Waals surface area contributed by atoms with Gasteiger partial charge in [0.05, 0.1) is 13.2 Å². The summed E-state index contributed by atoms with van der Waals surface area (Å²) in [4.78, 5) is 11.9. The van der Waals surface area contributed by atoms with Crippen LogP contribution in [0.2, 0.25) is 0 Å². The van der Waals surface area contributed by atoms with Gasteiger partial charge in [0.2, 0.25) is 0 Å². The van der Waals surface area contributed by atoms with Crippen LogP contribution in [0.5, 0.6) is 5.75 Å². The predicted molar refractivity (Wildman–Crippen MR) is 79.7 cm³/mol. The summed E-state index contributed by atoms with van der Waals surface area (Å²) < 4.78 is 15.3. The van der Waals surface area contributed by atoms with Crippen LogP contribution >= 0.6 is 0 Å². The number of hydrogen-bond acceptors (Lipinski definition) is 5. The zero-order valence-corrected chi connectivity index (χ0v) is 12.5. The Bertz CT molecular complexity index is 605. The van der Waals surface area contributed by atoms with Crippen molar-refractivity contribution in [2.75, 3.05) is 20.8 Å². The number of carbonyl (C=O) groups is 1. The molecule has 0 aliphatic carbocycles. The van der Waals surface area contributed by atoms with Crippen LogP contribution < -0.4 is 10.1 Å². The zero-order chi connectivity index (χ0) is 15.9. The molecule has 1 heterocycles. The van der Waals surface area contributed by atoms with Gasteiger partial charge in [-0.2, -0.15) is 0 Å². The van der Waals surface area contributed by atoms with Crippen LogP contribution in [0.15, 0.2) is 40.8 Å². The molecular weight excluding hydrogens is 286 g/mol. The van der Waals surface area contributed by atoms with Crippen molar-refractivity contribution in [3.05, 3.63) is 53.5 Å². The summed E-state index contributed by atoms with van der Waals surface area (Å²) in [6.07, 6.45) is -0.803. The van der Waals surface area contributed by atoms with Gasteiger partial charge in [0.25, 0.3) is 5.91 Å². The maximum absolute atomic E-state index is 11.9. The van der Waals surface area contributed by atoms with E-state index >= 15 is 0 Å². The predicted octanol–water partition coefficient (Wildman–Crippen LogP) is 1.90. The van der Waals surface area contributed by atoms with Crippen molar-refractivity contribution in [1.29, 1.82) is 0 Å². The van der Waals surface area contributed by atoms with Crippen LogP contribution in [-0.2, 0) is 11.3 Å². The van der Waals surface area contributed by atoms with E-state index in [0.717, 1.165) is 0 Å². The standard InChI is InChI=1S/C16H19NO5/c1-20-10-13-7-8-15(22-13)16(19)17-9-14(18)11-3-5-12(21-2)6-4-11/h3-8,14,18H,9-10H2,1-2H3,(H,17,19). The van der Waals surface area contributed by atoms with E-state index in [4.69, 9.17) is 13.9 Å². The molecule has 0 saturated heterocycles. The first kappa shape index (κ1) is 16.1. The lowest BCUT2D eigenvalue weighted by Gasteiger charge is -2.12. The monoisotopic (exact) mass is 305 g/mol. The van der Waals surface area contributed by atoms with Crippen molar-refractivity contribution < 1.29 is 23.8 Å². The van der Waals surface area contributed by atoms with E-state index in [-0.39, 0.29) is 18.2 Å². The van der Waals surface area contributed by atoms with E-state index in [1.807, 2.05) is 0 Å². The van der Waals surface area contributed by atoms with Gasteiger partial charge >= 0.3 is 0 Å². The summed E-state index contributed by atoms with van der Waals surface area (Å²) in [5.74, 6) is 1.09. The van der Waals surface area contributed by atoms with Gasteiger partial charge in [0.1, 0.15) is 18.1 Å². The van der Waals surface area contributed by atoms with Gasteiger partial charge < -0.3 is 24.3 Å². The minimum atomic E-state index is -0.803. The van der Waals surface area contributed by atoms with Gasteiger partial charge in [-0.25, -0.2) is 0 Å². The molecule has 1 aromatic heterocycles. The molecule has 2 rings (SSSR count). The van der Waals surface area contributed by atoms with Crippen molar-refractivity contribution in [1.82, 2.24) is 5.32 Å². The quantitative estimate of drug-likeness (QED) is 0.816. The molecule has 1 amide bonds. The van der Waals surface area contributed by atoms with Crippen LogP contribution in [0.4, 0.5) is 0 Å². The van der Waals surface area contributed by atoms with Crippen molar-refractivity contribution >= 4 is 5.91 Å². The topological polar surface area (TPSA) is 80.9 Å². The molecule has 1 atom stereocenters. The normalized spacial score (nSPS) is 12.0.